The SMILES string of the molecule is CCS(=O)(=O)c1cc(-c2ccc(C3CC3)cc2)cnc1-c1nnc(C(F)C(F)(F)C(F)F)n1C. The highest BCUT2D eigenvalue weighted by molar-refractivity contribution is 7.91. The number of alkyl halides is 5. The first-order valence-electron chi connectivity index (χ1n) is 10.5. The predicted octanol–water partition coefficient (Wildman–Crippen LogP) is 5.13. The van der Waals surface area contributed by atoms with Crippen LogP contribution in [-0.4, -0.2) is 46.3 Å². The van der Waals surface area contributed by atoms with Crippen LogP contribution < -0.4 is 0 Å². The third-order valence-corrected chi connectivity index (χ3v) is 7.58. The van der Waals surface area contributed by atoms with Crippen molar-refractivity contribution in [2.75, 3.05) is 5.75 Å². The minimum atomic E-state index is -5.00. The summed E-state index contributed by atoms with van der Waals surface area (Å²) >= 11 is 0. The van der Waals surface area contributed by atoms with Crippen LogP contribution in [0.2, 0.25) is 0 Å². The van der Waals surface area contributed by atoms with E-state index in [0.29, 0.717) is 16.0 Å². The first-order valence-corrected chi connectivity index (χ1v) is 12.2. The molecule has 0 amide bonds. The zero-order valence-electron chi connectivity index (χ0n) is 18.2. The van der Waals surface area contributed by atoms with Crippen LogP contribution in [0.4, 0.5) is 22.0 Å². The van der Waals surface area contributed by atoms with Gasteiger partial charge in [0.1, 0.15) is 5.69 Å². The Balaban J connectivity index is 1.79. The molecule has 12 heteroatoms. The van der Waals surface area contributed by atoms with Crippen LogP contribution in [0.25, 0.3) is 22.6 Å². The molecule has 4 rings (SSSR count). The largest absolute Gasteiger partial charge is 0.345 e. The van der Waals surface area contributed by atoms with Crippen LogP contribution in [0, 0.1) is 0 Å². The molecule has 34 heavy (non-hydrogen) atoms. The summed E-state index contributed by atoms with van der Waals surface area (Å²) in [4.78, 5) is 3.93. The quantitative estimate of drug-likeness (QED) is 0.401. The topological polar surface area (TPSA) is 77.7 Å². The zero-order chi connectivity index (χ0) is 24.8. The Morgan fingerprint density at radius 3 is 2.29 bits per heavy atom. The van der Waals surface area contributed by atoms with Crippen molar-refractivity contribution < 1.29 is 30.4 Å². The number of sulfone groups is 1. The molecule has 1 aliphatic carbocycles. The second kappa shape index (κ2) is 8.71. The molecule has 182 valence electrons. The number of hydrogen-bond donors (Lipinski definition) is 0. The summed E-state index contributed by atoms with van der Waals surface area (Å²) in [6.07, 6.45) is -4.06. The Labute approximate surface area is 192 Å². The fraction of sp³-hybridized carbons (Fsp3) is 0.409. The predicted molar refractivity (Wildman–Crippen MR) is 114 cm³/mol. The van der Waals surface area contributed by atoms with Gasteiger partial charge in [0, 0.05) is 18.8 Å². The van der Waals surface area contributed by atoms with E-state index in [2.05, 4.69) is 15.2 Å². The van der Waals surface area contributed by atoms with E-state index in [0.717, 1.165) is 25.5 Å². The molecule has 1 atom stereocenters. The van der Waals surface area contributed by atoms with Gasteiger partial charge in [-0.05, 0) is 36.0 Å². The number of pyridine rings is 1. The van der Waals surface area contributed by atoms with Crippen molar-refractivity contribution in [3.05, 3.63) is 47.9 Å². The molecule has 1 aromatic carbocycles. The Bertz CT molecular complexity index is 1310. The molecule has 0 spiro atoms. The molecule has 3 aromatic rings. The summed E-state index contributed by atoms with van der Waals surface area (Å²) in [7, 11) is -2.82. The fourth-order valence-corrected chi connectivity index (χ4v) is 4.63. The summed E-state index contributed by atoms with van der Waals surface area (Å²) < 4.78 is 93.0. The smallest absolute Gasteiger partial charge is 0.310 e. The van der Waals surface area contributed by atoms with Gasteiger partial charge in [-0.2, -0.15) is 8.78 Å². The van der Waals surface area contributed by atoms with E-state index in [1.165, 1.54) is 24.8 Å². The number of nitrogens with zero attached hydrogens (tertiary/aromatic N) is 4. The van der Waals surface area contributed by atoms with Crippen molar-refractivity contribution in [3.8, 4) is 22.6 Å². The van der Waals surface area contributed by atoms with Gasteiger partial charge in [0.15, 0.2) is 21.5 Å². The van der Waals surface area contributed by atoms with E-state index in [-0.39, 0.29) is 22.2 Å². The Morgan fingerprint density at radius 2 is 1.74 bits per heavy atom. The number of aromatic nitrogens is 4. The van der Waals surface area contributed by atoms with Gasteiger partial charge in [-0.15, -0.1) is 10.2 Å². The zero-order valence-corrected chi connectivity index (χ0v) is 19.0. The molecule has 0 aliphatic heterocycles. The lowest BCUT2D eigenvalue weighted by Crippen LogP contribution is -2.33. The van der Waals surface area contributed by atoms with Crippen molar-refractivity contribution in [2.45, 2.75) is 49.1 Å². The molecule has 1 aliphatic rings. The molecule has 0 bridgehead atoms. The number of hydrogen-bond acceptors (Lipinski definition) is 5. The van der Waals surface area contributed by atoms with Gasteiger partial charge in [0.05, 0.1) is 10.6 Å². The monoisotopic (exact) mass is 500 g/mol. The molecule has 6 nitrogen and oxygen atoms in total. The first kappa shape index (κ1) is 24.2. The van der Waals surface area contributed by atoms with E-state index >= 15 is 0 Å². The highest BCUT2D eigenvalue weighted by Gasteiger charge is 2.52. The maximum Gasteiger partial charge on any atom is 0.345 e. The van der Waals surface area contributed by atoms with Crippen molar-refractivity contribution in [1.29, 1.82) is 0 Å². The van der Waals surface area contributed by atoms with Crippen molar-refractivity contribution >= 4 is 9.84 Å². The van der Waals surface area contributed by atoms with E-state index in [1.807, 2.05) is 24.3 Å². The van der Waals surface area contributed by atoms with E-state index < -0.39 is 34.2 Å². The minimum absolute atomic E-state index is 0.242. The summed E-state index contributed by atoms with van der Waals surface area (Å²) in [6, 6.07) is 9.02. The standard InChI is InChI=1S/C22H21F5N4O2S/c1-3-34(32,33)16-10-15(14-8-6-13(7-9-14)12-4-5-12)11-28-17(16)19-29-30-20(31(19)2)18(23)22(26,27)21(24)25/h6-12,18,21H,3-5H2,1-2H3. The van der Waals surface area contributed by atoms with Gasteiger partial charge in [0.2, 0.25) is 6.17 Å². The van der Waals surface area contributed by atoms with Crippen LogP contribution in [0.3, 0.4) is 0 Å². The molecule has 2 heterocycles. The third-order valence-electron chi connectivity index (χ3n) is 5.84. The molecular weight excluding hydrogens is 479 g/mol. The summed E-state index contributed by atoms with van der Waals surface area (Å²) in [6.45, 7) is 1.42. The highest BCUT2D eigenvalue weighted by Crippen LogP contribution is 2.41. The van der Waals surface area contributed by atoms with Crippen LogP contribution in [0.5, 0.6) is 0 Å². The lowest BCUT2D eigenvalue weighted by Gasteiger charge is -2.19. The van der Waals surface area contributed by atoms with Crippen LogP contribution in [0.1, 0.15) is 43.2 Å². The Morgan fingerprint density at radius 1 is 1.09 bits per heavy atom. The number of benzene rings is 1. The number of halogens is 5. The molecule has 2 aromatic heterocycles. The lowest BCUT2D eigenvalue weighted by atomic mass is 10.0. The lowest BCUT2D eigenvalue weighted by molar-refractivity contribution is -0.175. The van der Waals surface area contributed by atoms with Crippen molar-refractivity contribution in [2.24, 2.45) is 7.05 Å². The second-order valence-electron chi connectivity index (χ2n) is 8.15. The van der Waals surface area contributed by atoms with Crippen LogP contribution in [0.15, 0.2) is 41.4 Å². The maximum absolute atomic E-state index is 14.2. The Hall–Kier alpha value is -2.89. The second-order valence-corrected chi connectivity index (χ2v) is 10.4. The van der Waals surface area contributed by atoms with Gasteiger partial charge in [-0.25, -0.2) is 21.6 Å². The van der Waals surface area contributed by atoms with Gasteiger partial charge < -0.3 is 4.57 Å². The van der Waals surface area contributed by atoms with E-state index in [9.17, 15) is 30.4 Å². The van der Waals surface area contributed by atoms with E-state index in [1.54, 1.807) is 0 Å². The molecule has 0 radical (unpaired) electrons. The Kier molecular flexibility index (Phi) is 6.21. The van der Waals surface area contributed by atoms with Gasteiger partial charge in [0.25, 0.3) is 0 Å². The van der Waals surface area contributed by atoms with Crippen LogP contribution >= 0.6 is 0 Å². The van der Waals surface area contributed by atoms with Crippen molar-refractivity contribution in [1.82, 2.24) is 19.7 Å². The molecule has 0 N–H and O–H groups in total. The van der Waals surface area contributed by atoms with Gasteiger partial charge in [-0.3, -0.25) is 4.98 Å². The summed E-state index contributed by atoms with van der Waals surface area (Å²) in [5, 5.41) is 6.89. The molecule has 0 saturated heterocycles. The summed E-state index contributed by atoms with van der Waals surface area (Å²) in [5.41, 5.74) is 2.17. The normalized spacial score (nSPS) is 15.6. The summed E-state index contributed by atoms with van der Waals surface area (Å²) in [5.74, 6) is -6.16. The molecule has 1 fully saturated rings. The fourth-order valence-electron chi connectivity index (χ4n) is 3.58. The average molecular weight is 500 g/mol. The van der Waals surface area contributed by atoms with Gasteiger partial charge >= 0.3 is 12.3 Å². The molecule has 1 saturated carbocycles. The molecule has 1 unspecified atom stereocenters. The first-order chi connectivity index (χ1) is 16.0. The van der Waals surface area contributed by atoms with E-state index in [4.69, 9.17) is 0 Å². The van der Waals surface area contributed by atoms with Crippen molar-refractivity contribution in [3.63, 3.8) is 0 Å². The minimum Gasteiger partial charge on any atom is -0.310 e. The van der Waals surface area contributed by atoms with Gasteiger partial charge in [-0.1, -0.05) is 31.2 Å². The number of rotatable bonds is 8. The third kappa shape index (κ3) is 4.30. The highest BCUT2D eigenvalue weighted by atomic mass is 32.2. The average Bonchev–Trinajstić information content (AvgIpc) is 3.60. The van der Waals surface area contributed by atoms with Crippen LogP contribution in [-0.2, 0) is 16.9 Å². The maximum atomic E-state index is 14.2. The molecular formula is C22H21F5N4O2S.